The van der Waals surface area contributed by atoms with Gasteiger partial charge in [0.15, 0.2) is 11.5 Å². The van der Waals surface area contributed by atoms with Crippen molar-refractivity contribution >= 4 is 11.9 Å². The standard InChI is InChI=1S/C24H35NO3.C5H9NO3.C2H6/c1-5-17-8-9-19(26)22-20(17)24-10-11-25(13-16-6-7-16)15(3)18(24)12-14(2)21(27-4)23(24)28-22;1-6-4(7)2-3-5(8)9;1-2/h8-9,14-16,18,21,23,26H,5-7,10-13H2,1-4H3;2-3H2,1H3,(H,6,7)(H,8,9);1-2H3/t14-,15?,18?,21?,23-,24?;;/m0../s1. The van der Waals surface area contributed by atoms with Crippen LogP contribution < -0.4 is 10.1 Å². The zero-order chi connectivity index (χ0) is 28.9. The van der Waals surface area contributed by atoms with Crippen LogP contribution in [0.5, 0.6) is 11.5 Å². The lowest BCUT2D eigenvalue weighted by molar-refractivity contribution is -0.138. The van der Waals surface area contributed by atoms with E-state index >= 15 is 0 Å². The maximum Gasteiger partial charge on any atom is 0.303 e. The van der Waals surface area contributed by atoms with Crippen molar-refractivity contribution in [2.75, 3.05) is 27.2 Å². The number of carbonyl (C=O) groups excluding carboxylic acids is 1. The molecule has 8 heteroatoms. The Morgan fingerprint density at radius 1 is 1.21 bits per heavy atom. The number of nitrogens with zero attached hydrogens (tertiary/aromatic N) is 1. The summed E-state index contributed by atoms with van der Waals surface area (Å²) in [5.41, 5.74) is 2.61. The van der Waals surface area contributed by atoms with Crippen LogP contribution in [0.3, 0.4) is 0 Å². The van der Waals surface area contributed by atoms with Crippen molar-refractivity contribution in [3.63, 3.8) is 0 Å². The first-order chi connectivity index (χ1) is 18.7. The number of hydrogen-bond acceptors (Lipinski definition) is 6. The second-order valence-electron chi connectivity index (χ2n) is 11.4. The quantitative estimate of drug-likeness (QED) is 0.453. The van der Waals surface area contributed by atoms with Crippen molar-refractivity contribution in [3.8, 4) is 11.5 Å². The molecular weight excluding hydrogens is 496 g/mol. The smallest absolute Gasteiger partial charge is 0.303 e. The Hall–Kier alpha value is -2.32. The van der Waals surface area contributed by atoms with Crippen LogP contribution in [0.15, 0.2) is 12.1 Å². The molecule has 2 heterocycles. The Balaban J connectivity index is 0.000000328. The van der Waals surface area contributed by atoms with Crippen LogP contribution in [0.25, 0.3) is 0 Å². The number of aromatic hydroxyl groups is 1. The molecule has 3 N–H and O–H groups in total. The summed E-state index contributed by atoms with van der Waals surface area (Å²) in [6.07, 6.45) is 6.11. The number of aliphatic carboxylic acids is 1. The second-order valence-corrected chi connectivity index (χ2v) is 11.4. The van der Waals surface area contributed by atoms with E-state index in [1.807, 2.05) is 27.0 Å². The first-order valence-corrected chi connectivity index (χ1v) is 14.9. The molecule has 2 aliphatic carbocycles. The number of aryl methyl sites for hydroxylation is 1. The molecule has 220 valence electrons. The number of fused-ring (bicyclic) bond motifs is 1. The molecule has 4 aliphatic rings. The van der Waals surface area contributed by atoms with Gasteiger partial charge in [0, 0.05) is 44.1 Å². The van der Waals surface area contributed by atoms with Crippen LogP contribution in [0, 0.1) is 17.8 Å². The SMILES string of the molecule is CC.CCc1ccc(O)c2c1C13CCN(CC4CC4)C(C)C1C[C@H](C)C(OC)[C@@H]3O2.CNC(=O)CCC(=O)O. The maximum absolute atomic E-state index is 10.7. The summed E-state index contributed by atoms with van der Waals surface area (Å²) < 4.78 is 12.6. The predicted molar refractivity (Wildman–Crippen MR) is 152 cm³/mol. The first-order valence-electron chi connectivity index (χ1n) is 14.9. The van der Waals surface area contributed by atoms with Crippen molar-refractivity contribution in [2.24, 2.45) is 17.8 Å². The lowest BCUT2D eigenvalue weighted by atomic mass is 9.53. The third-order valence-corrected chi connectivity index (χ3v) is 9.25. The van der Waals surface area contributed by atoms with Gasteiger partial charge in [-0.1, -0.05) is 33.8 Å². The van der Waals surface area contributed by atoms with Crippen molar-refractivity contribution in [2.45, 2.75) is 103 Å². The fourth-order valence-electron chi connectivity index (χ4n) is 7.17. The number of hydrogen-bond donors (Lipinski definition) is 3. The molecule has 39 heavy (non-hydrogen) atoms. The van der Waals surface area contributed by atoms with E-state index in [1.165, 1.54) is 44.0 Å². The number of phenols is 1. The van der Waals surface area contributed by atoms with Crippen molar-refractivity contribution < 1.29 is 29.3 Å². The number of methoxy groups -OCH3 is 1. The van der Waals surface area contributed by atoms with Gasteiger partial charge in [0.05, 0.1) is 12.5 Å². The Morgan fingerprint density at radius 3 is 2.46 bits per heavy atom. The number of benzene rings is 1. The van der Waals surface area contributed by atoms with Gasteiger partial charge < -0.3 is 29.9 Å². The van der Waals surface area contributed by atoms with Crippen LogP contribution >= 0.6 is 0 Å². The highest BCUT2D eigenvalue weighted by Gasteiger charge is 2.64. The molecule has 6 atom stereocenters. The van der Waals surface area contributed by atoms with Crippen LogP contribution in [0.2, 0.25) is 0 Å². The summed E-state index contributed by atoms with van der Waals surface area (Å²) in [6, 6.07) is 4.48. The number of ether oxygens (including phenoxy) is 2. The third kappa shape index (κ3) is 6.22. The van der Waals surface area contributed by atoms with Crippen LogP contribution in [-0.4, -0.2) is 72.5 Å². The fraction of sp³-hybridized carbons (Fsp3) is 0.742. The summed E-state index contributed by atoms with van der Waals surface area (Å²) in [6.45, 7) is 13.4. The summed E-state index contributed by atoms with van der Waals surface area (Å²) in [4.78, 5) is 22.9. The molecular formula is C31H50N2O6. The zero-order valence-corrected chi connectivity index (χ0v) is 25.0. The minimum absolute atomic E-state index is 0.00498. The Bertz CT molecular complexity index is 996. The molecule has 1 aromatic carbocycles. The molecule has 0 bridgehead atoms. The van der Waals surface area contributed by atoms with Crippen molar-refractivity contribution in [1.29, 1.82) is 0 Å². The Morgan fingerprint density at radius 2 is 1.90 bits per heavy atom. The fourth-order valence-corrected chi connectivity index (χ4v) is 7.17. The normalized spacial score (nSPS) is 30.7. The van der Waals surface area contributed by atoms with Gasteiger partial charge in [-0.15, -0.1) is 0 Å². The lowest BCUT2D eigenvalue weighted by Gasteiger charge is -2.58. The third-order valence-electron chi connectivity index (χ3n) is 9.25. The van der Waals surface area contributed by atoms with Gasteiger partial charge in [0.2, 0.25) is 5.91 Å². The number of carbonyl (C=O) groups is 2. The van der Waals surface area contributed by atoms with Gasteiger partial charge in [-0.05, 0) is 75.0 Å². The van der Waals surface area contributed by atoms with Gasteiger partial charge in [-0.2, -0.15) is 0 Å². The number of phenolic OH excluding ortho intramolecular Hbond substituents is 1. The van der Waals surface area contributed by atoms with E-state index in [2.05, 4.69) is 37.1 Å². The number of piperidine rings is 1. The van der Waals surface area contributed by atoms with Crippen molar-refractivity contribution in [3.05, 3.63) is 23.3 Å². The highest BCUT2D eigenvalue weighted by molar-refractivity contribution is 5.80. The van der Waals surface area contributed by atoms with E-state index in [0.29, 0.717) is 23.6 Å². The van der Waals surface area contributed by atoms with Crippen molar-refractivity contribution in [1.82, 2.24) is 10.2 Å². The number of nitrogens with one attached hydrogen (secondary N) is 1. The van der Waals surface area contributed by atoms with E-state index in [9.17, 15) is 14.7 Å². The minimum atomic E-state index is -0.946. The number of amides is 1. The number of carboxylic acids is 1. The van der Waals surface area contributed by atoms with E-state index in [4.69, 9.17) is 14.6 Å². The molecule has 4 unspecified atom stereocenters. The molecule has 2 saturated carbocycles. The molecule has 1 saturated heterocycles. The predicted octanol–water partition coefficient (Wildman–Crippen LogP) is 4.75. The topological polar surface area (TPSA) is 108 Å². The monoisotopic (exact) mass is 546 g/mol. The highest BCUT2D eigenvalue weighted by Crippen LogP contribution is 2.62. The van der Waals surface area contributed by atoms with Gasteiger partial charge in [0.1, 0.15) is 6.10 Å². The minimum Gasteiger partial charge on any atom is -0.504 e. The summed E-state index contributed by atoms with van der Waals surface area (Å²) >= 11 is 0. The highest BCUT2D eigenvalue weighted by atomic mass is 16.5. The maximum atomic E-state index is 10.7. The van der Waals surface area contributed by atoms with Crippen LogP contribution in [0.4, 0.5) is 0 Å². The number of rotatable bonds is 7. The molecule has 3 fully saturated rings. The molecule has 1 spiro atoms. The van der Waals surface area contributed by atoms with Gasteiger partial charge in [-0.25, -0.2) is 0 Å². The van der Waals surface area contributed by atoms with E-state index in [0.717, 1.165) is 31.1 Å². The van der Waals surface area contributed by atoms with Gasteiger partial charge in [0.25, 0.3) is 0 Å². The molecule has 0 radical (unpaired) electrons. The summed E-state index contributed by atoms with van der Waals surface area (Å²) in [5, 5.41) is 21.1. The Labute approximate surface area is 234 Å². The van der Waals surface area contributed by atoms with E-state index in [1.54, 1.807) is 0 Å². The summed E-state index contributed by atoms with van der Waals surface area (Å²) in [5.74, 6) is 1.77. The Kier molecular flexibility index (Phi) is 10.7. The first kappa shape index (κ1) is 31.2. The van der Waals surface area contributed by atoms with Gasteiger partial charge in [-0.3, -0.25) is 9.59 Å². The molecule has 2 aliphatic heterocycles. The lowest BCUT2D eigenvalue weighted by Crippen LogP contribution is -2.66. The largest absolute Gasteiger partial charge is 0.504 e. The number of likely N-dealkylation sites (tertiary alicyclic amines) is 1. The van der Waals surface area contributed by atoms with Crippen LogP contribution in [-0.2, 0) is 26.2 Å². The van der Waals surface area contributed by atoms with E-state index < -0.39 is 5.97 Å². The number of carboxylic acid groups (broad SMARTS) is 1. The second kappa shape index (κ2) is 13.4. The zero-order valence-electron chi connectivity index (χ0n) is 25.0. The average molecular weight is 547 g/mol. The average Bonchev–Trinajstić information content (AvgIpc) is 3.69. The summed E-state index contributed by atoms with van der Waals surface area (Å²) in [7, 11) is 3.30. The molecule has 8 nitrogen and oxygen atoms in total. The molecule has 1 amide bonds. The van der Waals surface area contributed by atoms with Crippen LogP contribution in [0.1, 0.15) is 84.3 Å². The molecule has 5 rings (SSSR count). The van der Waals surface area contributed by atoms with E-state index in [-0.39, 0.29) is 36.4 Å². The molecule has 1 aromatic rings. The van der Waals surface area contributed by atoms with Gasteiger partial charge >= 0.3 is 5.97 Å². The molecule has 0 aromatic heterocycles.